The van der Waals surface area contributed by atoms with E-state index in [2.05, 4.69) is 24.4 Å². The second kappa shape index (κ2) is 7.60. The summed E-state index contributed by atoms with van der Waals surface area (Å²) in [7, 11) is 3.97. The second-order valence-electron chi connectivity index (χ2n) is 6.07. The van der Waals surface area contributed by atoms with Crippen molar-refractivity contribution in [2.24, 2.45) is 0 Å². The third-order valence-electron chi connectivity index (χ3n) is 3.99. The molecule has 0 unspecified atom stereocenters. The van der Waals surface area contributed by atoms with Gasteiger partial charge in [-0.25, -0.2) is 4.98 Å². The van der Waals surface area contributed by atoms with Crippen LogP contribution in [-0.4, -0.2) is 43.0 Å². The normalized spacial score (nSPS) is 10.8. The van der Waals surface area contributed by atoms with Gasteiger partial charge in [0.2, 0.25) is 0 Å². The number of nitrogens with zero attached hydrogens (tertiary/aromatic N) is 2. The molecule has 2 aromatic carbocycles. The molecule has 0 spiro atoms. The summed E-state index contributed by atoms with van der Waals surface area (Å²) in [5, 5.41) is 5.08. The smallest absolute Gasteiger partial charge is 0.253 e. The Morgan fingerprint density at radius 1 is 1.17 bits per heavy atom. The van der Waals surface area contributed by atoms with Gasteiger partial charge < -0.3 is 10.2 Å². The van der Waals surface area contributed by atoms with E-state index in [1.165, 1.54) is 5.56 Å². The van der Waals surface area contributed by atoms with Gasteiger partial charge in [-0.3, -0.25) is 4.79 Å². The van der Waals surface area contributed by atoms with Gasteiger partial charge in [-0.05, 0) is 44.8 Å². The summed E-state index contributed by atoms with van der Waals surface area (Å²) in [4.78, 5) is 19.2. The van der Waals surface area contributed by atoms with E-state index >= 15 is 0 Å². The molecule has 0 atom stereocenters. The van der Waals surface area contributed by atoms with Crippen LogP contribution in [0.25, 0.3) is 21.8 Å². The first-order chi connectivity index (χ1) is 11.1. The van der Waals surface area contributed by atoms with Gasteiger partial charge in [0, 0.05) is 23.9 Å². The topological polar surface area (TPSA) is 45.2 Å². The number of likely N-dealkylation sites (N-methyl/N-ethyl adjacent to an activating group) is 1. The van der Waals surface area contributed by atoms with Crippen molar-refractivity contribution in [1.29, 1.82) is 0 Å². The predicted octanol–water partition coefficient (Wildman–Crippen LogP) is 3.41. The lowest BCUT2D eigenvalue weighted by Gasteiger charge is -2.12. The van der Waals surface area contributed by atoms with Gasteiger partial charge in [-0.15, -0.1) is 12.4 Å². The molecule has 5 heteroatoms. The number of hydrogen-bond donors (Lipinski definition) is 1. The average molecular weight is 344 g/mol. The summed E-state index contributed by atoms with van der Waals surface area (Å²) < 4.78 is 0. The molecule has 0 radical (unpaired) electrons. The molecule has 1 heterocycles. The minimum atomic E-state index is -0.0723. The summed E-state index contributed by atoms with van der Waals surface area (Å²) >= 11 is 0. The number of hydrogen-bond acceptors (Lipinski definition) is 3. The van der Waals surface area contributed by atoms with Crippen molar-refractivity contribution >= 4 is 40.1 Å². The molecule has 3 rings (SSSR count). The fraction of sp³-hybridized carbons (Fsp3) is 0.263. The number of carbonyl (C=O) groups excluding carboxylic acids is 1. The molecule has 0 fully saturated rings. The standard InChI is InChI=1S/C19H21N3O.ClH/c1-13-6-4-9-17-16(13)12-14-7-5-8-15(18(14)21-17)19(23)20-10-11-22(2)3;/h4-9,12H,10-11H2,1-3H3,(H,20,23);1H. The molecule has 1 amide bonds. The number of fused-ring (bicyclic) bond motifs is 2. The van der Waals surface area contributed by atoms with E-state index < -0.39 is 0 Å². The lowest BCUT2D eigenvalue weighted by atomic mass is 10.0. The summed E-state index contributed by atoms with van der Waals surface area (Å²) in [5.41, 5.74) is 3.50. The number of carbonyl (C=O) groups is 1. The number of aromatic nitrogens is 1. The Balaban J connectivity index is 0.00000208. The Kier molecular flexibility index (Phi) is 5.75. The first kappa shape index (κ1) is 18.2. The van der Waals surface area contributed by atoms with Crippen molar-refractivity contribution in [3.05, 3.63) is 53.6 Å². The highest BCUT2D eigenvalue weighted by Crippen LogP contribution is 2.24. The molecule has 1 aromatic heterocycles. The van der Waals surface area contributed by atoms with Crippen molar-refractivity contribution in [3.8, 4) is 0 Å². The monoisotopic (exact) mass is 343 g/mol. The molecule has 0 aliphatic carbocycles. The lowest BCUT2D eigenvalue weighted by Crippen LogP contribution is -2.31. The molecular weight excluding hydrogens is 322 g/mol. The van der Waals surface area contributed by atoms with Gasteiger partial charge in [0.05, 0.1) is 16.6 Å². The first-order valence-corrected chi connectivity index (χ1v) is 7.78. The van der Waals surface area contributed by atoms with Crippen LogP contribution in [0.15, 0.2) is 42.5 Å². The number of pyridine rings is 1. The van der Waals surface area contributed by atoms with Crippen molar-refractivity contribution in [3.63, 3.8) is 0 Å². The van der Waals surface area contributed by atoms with Gasteiger partial charge in [0.25, 0.3) is 5.91 Å². The maximum atomic E-state index is 12.5. The number of benzene rings is 2. The number of aryl methyl sites for hydroxylation is 1. The summed E-state index contributed by atoms with van der Waals surface area (Å²) in [6, 6.07) is 13.9. The Hall–Kier alpha value is -2.17. The molecule has 0 saturated carbocycles. The zero-order valence-electron chi connectivity index (χ0n) is 14.2. The van der Waals surface area contributed by atoms with Crippen LogP contribution < -0.4 is 5.32 Å². The molecule has 24 heavy (non-hydrogen) atoms. The minimum absolute atomic E-state index is 0. The zero-order chi connectivity index (χ0) is 16.4. The fourth-order valence-corrected chi connectivity index (χ4v) is 2.70. The minimum Gasteiger partial charge on any atom is -0.351 e. The van der Waals surface area contributed by atoms with Gasteiger partial charge >= 0.3 is 0 Å². The second-order valence-corrected chi connectivity index (χ2v) is 6.07. The van der Waals surface area contributed by atoms with Gasteiger partial charge in [0.15, 0.2) is 0 Å². The molecule has 4 nitrogen and oxygen atoms in total. The quantitative estimate of drug-likeness (QED) is 0.738. The van der Waals surface area contributed by atoms with E-state index in [0.717, 1.165) is 28.4 Å². The van der Waals surface area contributed by atoms with Gasteiger partial charge in [-0.2, -0.15) is 0 Å². The van der Waals surface area contributed by atoms with Crippen molar-refractivity contribution < 1.29 is 4.79 Å². The average Bonchev–Trinajstić information content (AvgIpc) is 2.52. The van der Waals surface area contributed by atoms with E-state index in [4.69, 9.17) is 4.98 Å². The third kappa shape index (κ3) is 3.66. The maximum Gasteiger partial charge on any atom is 0.253 e. The number of para-hydroxylation sites is 1. The third-order valence-corrected chi connectivity index (χ3v) is 3.99. The van der Waals surface area contributed by atoms with Crippen molar-refractivity contribution in [2.45, 2.75) is 6.92 Å². The van der Waals surface area contributed by atoms with Crippen LogP contribution in [0, 0.1) is 6.92 Å². The number of halogens is 1. The van der Waals surface area contributed by atoms with Crippen LogP contribution in [-0.2, 0) is 0 Å². The Morgan fingerprint density at radius 2 is 1.92 bits per heavy atom. The Bertz CT molecular complexity index is 877. The molecule has 0 saturated heterocycles. The van der Waals surface area contributed by atoms with Crippen LogP contribution in [0.1, 0.15) is 15.9 Å². The van der Waals surface area contributed by atoms with E-state index in [-0.39, 0.29) is 18.3 Å². The number of rotatable bonds is 4. The van der Waals surface area contributed by atoms with Crippen molar-refractivity contribution in [2.75, 3.05) is 27.2 Å². The molecule has 0 aliphatic heterocycles. The van der Waals surface area contributed by atoms with Gasteiger partial charge in [-0.1, -0.05) is 24.3 Å². The first-order valence-electron chi connectivity index (χ1n) is 7.78. The summed E-state index contributed by atoms with van der Waals surface area (Å²) in [6.45, 7) is 3.51. The Morgan fingerprint density at radius 3 is 2.67 bits per heavy atom. The number of amides is 1. The number of nitrogens with one attached hydrogen (secondary N) is 1. The van der Waals surface area contributed by atoms with Crippen LogP contribution in [0.5, 0.6) is 0 Å². The molecule has 126 valence electrons. The predicted molar refractivity (Wildman–Crippen MR) is 102 cm³/mol. The van der Waals surface area contributed by atoms with Crippen LogP contribution in [0.3, 0.4) is 0 Å². The van der Waals surface area contributed by atoms with Gasteiger partial charge in [0.1, 0.15) is 0 Å². The summed E-state index contributed by atoms with van der Waals surface area (Å²) in [5.74, 6) is -0.0723. The fourth-order valence-electron chi connectivity index (χ4n) is 2.70. The van der Waals surface area contributed by atoms with E-state index in [1.807, 2.05) is 49.3 Å². The zero-order valence-corrected chi connectivity index (χ0v) is 15.0. The molecule has 0 bridgehead atoms. The SMILES string of the molecule is Cc1cccc2nc3c(C(=O)NCCN(C)C)cccc3cc12.Cl. The largest absolute Gasteiger partial charge is 0.351 e. The highest BCUT2D eigenvalue weighted by Gasteiger charge is 2.12. The van der Waals surface area contributed by atoms with Crippen molar-refractivity contribution in [1.82, 2.24) is 15.2 Å². The summed E-state index contributed by atoms with van der Waals surface area (Å²) in [6.07, 6.45) is 0. The van der Waals surface area contributed by atoms with Crippen LogP contribution >= 0.6 is 12.4 Å². The molecular formula is C19H22ClN3O. The van der Waals surface area contributed by atoms with E-state index in [1.54, 1.807) is 0 Å². The van der Waals surface area contributed by atoms with E-state index in [9.17, 15) is 4.79 Å². The highest BCUT2D eigenvalue weighted by molar-refractivity contribution is 6.08. The molecule has 0 aliphatic rings. The Labute approximate surface area is 148 Å². The molecule has 1 N–H and O–H groups in total. The lowest BCUT2D eigenvalue weighted by molar-refractivity contribution is 0.0952. The van der Waals surface area contributed by atoms with E-state index in [0.29, 0.717) is 12.1 Å². The van der Waals surface area contributed by atoms with Crippen LogP contribution in [0.2, 0.25) is 0 Å². The maximum absolute atomic E-state index is 12.5. The van der Waals surface area contributed by atoms with Crippen LogP contribution in [0.4, 0.5) is 0 Å². The molecule has 3 aromatic rings. The highest BCUT2D eigenvalue weighted by atomic mass is 35.5.